The molecule has 2 aromatic rings. The Bertz CT molecular complexity index is 598. The van der Waals surface area contributed by atoms with E-state index in [1.807, 2.05) is 37.4 Å². The lowest BCUT2D eigenvalue weighted by Crippen LogP contribution is -2.10. The van der Waals surface area contributed by atoms with E-state index < -0.39 is 5.97 Å². The molecule has 0 radical (unpaired) electrons. The Labute approximate surface area is 112 Å². The molecule has 1 N–H and O–H groups in total. The third-order valence-electron chi connectivity index (χ3n) is 2.65. The number of nitrogens with one attached hydrogen (secondary N) is 1. The van der Waals surface area contributed by atoms with Gasteiger partial charge in [0.2, 0.25) is 5.76 Å². The SMILES string of the molecule is CCOC(=O)/C(=C\c1ccc2[nH]ccc2c1)OCC. The Kier molecular flexibility index (Phi) is 4.23. The first-order valence-electron chi connectivity index (χ1n) is 6.33. The minimum absolute atomic E-state index is 0.235. The second-order valence-corrected chi connectivity index (χ2v) is 3.99. The van der Waals surface area contributed by atoms with Gasteiger partial charge in [-0.15, -0.1) is 0 Å². The summed E-state index contributed by atoms with van der Waals surface area (Å²) in [6.45, 7) is 4.37. The fourth-order valence-electron chi connectivity index (χ4n) is 1.83. The van der Waals surface area contributed by atoms with Crippen molar-refractivity contribution in [2.24, 2.45) is 0 Å². The van der Waals surface area contributed by atoms with Gasteiger partial charge in [0.05, 0.1) is 13.2 Å². The summed E-state index contributed by atoms with van der Waals surface area (Å²) in [7, 11) is 0. The molecule has 0 atom stereocenters. The standard InChI is InChI=1S/C15H17NO3/c1-3-18-14(15(17)19-4-2)10-11-5-6-13-12(9-11)7-8-16-13/h5-10,16H,3-4H2,1-2H3/b14-10+. The van der Waals surface area contributed by atoms with Crippen molar-refractivity contribution in [1.29, 1.82) is 0 Å². The third-order valence-corrected chi connectivity index (χ3v) is 2.65. The first kappa shape index (κ1) is 13.2. The first-order valence-corrected chi connectivity index (χ1v) is 6.33. The van der Waals surface area contributed by atoms with Crippen LogP contribution in [0.25, 0.3) is 17.0 Å². The van der Waals surface area contributed by atoms with E-state index in [1.165, 1.54) is 0 Å². The van der Waals surface area contributed by atoms with Crippen LogP contribution >= 0.6 is 0 Å². The van der Waals surface area contributed by atoms with Crippen molar-refractivity contribution in [3.8, 4) is 0 Å². The number of ether oxygens (including phenoxy) is 2. The van der Waals surface area contributed by atoms with Gasteiger partial charge in [0, 0.05) is 11.7 Å². The van der Waals surface area contributed by atoms with Crippen LogP contribution in [0.15, 0.2) is 36.2 Å². The highest BCUT2D eigenvalue weighted by Gasteiger charge is 2.11. The molecule has 2 rings (SSSR count). The molecular weight excluding hydrogens is 242 g/mol. The van der Waals surface area contributed by atoms with Gasteiger partial charge in [-0.2, -0.15) is 0 Å². The number of carbonyl (C=O) groups excluding carboxylic acids is 1. The number of H-pyrrole nitrogens is 1. The average molecular weight is 259 g/mol. The Morgan fingerprint density at radius 1 is 1.21 bits per heavy atom. The second kappa shape index (κ2) is 6.09. The summed E-state index contributed by atoms with van der Waals surface area (Å²) in [6.07, 6.45) is 3.58. The Morgan fingerprint density at radius 2 is 2.00 bits per heavy atom. The lowest BCUT2D eigenvalue weighted by molar-refractivity contribution is -0.142. The van der Waals surface area contributed by atoms with Crippen molar-refractivity contribution in [3.63, 3.8) is 0 Å². The Hall–Kier alpha value is -2.23. The summed E-state index contributed by atoms with van der Waals surface area (Å²) in [5, 5.41) is 1.09. The lowest BCUT2D eigenvalue weighted by Gasteiger charge is -2.07. The van der Waals surface area contributed by atoms with Gasteiger partial charge < -0.3 is 14.5 Å². The largest absolute Gasteiger partial charge is 0.487 e. The number of esters is 1. The smallest absolute Gasteiger partial charge is 0.373 e. The predicted molar refractivity (Wildman–Crippen MR) is 74.5 cm³/mol. The van der Waals surface area contributed by atoms with E-state index in [0.29, 0.717) is 13.2 Å². The topological polar surface area (TPSA) is 51.3 Å². The summed E-state index contributed by atoms with van der Waals surface area (Å²) in [6, 6.07) is 7.87. The minimum atomic E-state index is -0.432. The van der Waals surface area contributed by atoms with Gasteiger partial charge in [0.1, 0.15) is 0 Å². The quantitative estimate of drug-likeness (QED) is 0.510. The molecule has 0 spiro atoms. The molecule has 0 aliphatic rings. The maximum Gasteiger partial charge on any atom is 0.373 e. The van der Waals surface area contributed by atoms with Crippen LogP contribution in [-0.2, 0) is 14.3 Å². The van der Waals surface area contributed by atoms with Crippen LogP contribution in [0, 0.1) is 0 Å². The zero-order chi connectivity index (χ0) is 13.7. The molecule has 4 nitrogen and oxygen atoms in total. The van der Waals surface area contributed by atoms with Gasteiger partial charge in [-0.1, -0.05) is 6.07 Å². The number of carbonyl (C=O) groups is 1. The lowest BCUT2D eigenvalue weighted by atomic mass is 10.1. The van der Waals surface area contributed by atoms with E-state index >= 15 is 0 Å². The van der Waals surface area contributed by atoms with Crippen LogP contribution < -0.4 is 0 Å². The van der Waals surface area contributed by atoms with Crippen molar-refractivity contribution in [3.05, 3.63) is 41.8 Å². The predicted octanol–water partition coefficient (Wildman–Crippen LogP) is 3.11. The molecule has 0 fully saturated rings. The van der Waals surface area contributed by atoms with E-state index in [4.69, 9.17) is 9.47 Å². The van der Waals surface area contributed by atoms with Crippen molar-refractivity contribution in [2.45, 2.75) is 13.8 Å². The summed E-state index contributed by atoms with van der Waals surface area (Å²) in [4.78, 5) is 14.9. The van der Waals surface area contributed by atoms with E-state index in [1.54, 1.807) is 13.0 Å². The Morgan fingerprint density at radius 3 is 2.74 bits per heavy atom. The highest BCUT2D eigenvalue weighted by molar-refractivity contribution is 5.92. The molecule has 0 bridgehead atoms. The molecular formula is C15H17NO3. The zero-order valence-electron chi connectivity index (χ0n) is 11.1. The molecule has 0 saturated carbocycles. The van der Waals surface area contributed by atoms with Gasteiger partial charge >= 0.3 is 5.97 Å². The normalized spacial score (nSPS) is 11.6. The molecule has 0 unspecified atom stereocenters. The van der Waals surface area contributed by atoms with Crippen LogP contribution in [0.5, 0.6) is 0 Å². The van der Waals surface area contributed by atoms with Crippen molar-refractivity contribution < 1.29 is 14.3 Å². The molecule has 1 heterocycles. The van der Waals surface area contributed by atoms with Gasteiger partial charge in [0.15, 0.2) is 0 Å². The van der Waals surface area contributed by atoms with Gasteiger partial charge in [-0.25, -0.2) is 4.79 Å². The minimum Gasteiger partial charge on any atom is -0.487 e. The molecule has 1 aromatic heterocycles. The average Bonchev–Trinajstić information content (AvgIpc) is 2.86. The highest BCUT2D eigenvalue weighted by atomic mass is 16.6. The van der Waals surface area contributed by atoms with Crippen molar-refractivity contribution >= 4 is 22.9 Å². The van der Waals surface area contributed by atoms with Gasteiger partial charge in [-0.3, -0.25) is 0 Å². The van der Waals surface area contributed by atoms with Gasteiger partial charge in [-0.05, 0) is 49.1 Å². The molecule has 1 aromatic carbocycles. The fourth-order valence-corrected chi connectivity index (χ4v) is 1.83. The highest BCUT2D eigenvalue weighted by Crippen LogP contribution is 2.17. The zero-order valence-corrected chi connectivity index (χ0v) is 11.1. The number of hydrogen-bond donors (Lipinski definition) is 1. The monoisotopic (exact) mass is 259 g/mol. The van der Waals surface area contributed by atoms with Crippen LogP contribution in [0.4, 0.5) is 0 Å². The van der Waals surface area contributed by atoms with Gasteiger partial charge in [0.25, 0.3) is 0 Å². The number of fused-ring (bicyclic) bond motifs is 1. The molecule has 0 aliphatic heterocycles. The fraction of sp³-hybridized carbons (Fsp3) is 0.267. The maximum atomic E-state index is 11.7. The number of aromatic amines is 1. The van der Waals surface area contributed by atoms with Crippen molar-refractivity contribution in [2.75, 3.05) is 13.2 Å². The maximum absolute atomic E-state index is 11.7. The molecule has 0 aliphatic carbocycles. The van der Waals surface area contributed by atoms with E-state index in [0.717, 1.165) is 16.5 Å². The van der Waals surface area contributed by atoms with Crippen LogP contribution in [0.3, 0.4) is 0 Å². The van der Waals surface area contributed by atoms with Crippen LogP contribution in [0.2, 0.25) is 0 Å². The van der Waals surface area contributed by atoms with Crippen molar-refractivity contribution in [1.82, 2.24) is 4.98 Å². The molecule has 100 valence electrons. The van der Waals surface area contributed by atoms with E-state index in [-0.39, 0.29) is 5.76 Å². The van der Waals surface area contributed by atoms with Crippen LogP contribution in [0.1, 0.15) is 19.4 Å². The Balaban J connectivity index is 2.30. The van der Waals surface area contributed by atoms with E-state index in [2.05, 4.69) is 4.98 Å². The molecule has 4 heteroatoms. The summed E-state index contributed by atoms with van der Waals surface area (Å²) >= 11 is 0. The number of aromatic nitrogens is 1. The first-order chi connectivity index (χ1) is 9.24. The summed E-state index contributed by atoms with van der Waals surface area (Å²) < 4.78 is 10.3. The molecule has 19 heavy (non-hydrogen) atoms. The summed E-state index contributed by atoms with van der Waals surface area (Å²) in [5.74, 6) is -0.197. The van der Waals surface area contributed by atoms with Crippen LogP contribution in [-0.4, -0.2) is 24.2 Å². The summed E-state index contributed by atoms with van der Waals surface area (Å²) in [5.41, 5.74) is 1.97. The molecule has 0 amide bonds. The van der Waals surface area contributed by atoms with E-state index in [9.17, 15) is 4.79 Å². The number of benzene rings is 1. The third kappa shape index (κ3) is 3.16. The number of hydrogen-bond acceptors (Lipinski definition) is 3. The second-order valence-electron chi connectivity index (χ2n) is 3.99. The molecule has 0 saturated heterocycles. The number of rotatable bonds is 5.